The molecule has 1 amide bonds. The molecule has 1 saturated heterocycles. The third-order valence-electron chi connectivity index (χ3n) is 5.18. The Bertz CT molecular complexity index is 683. The van der Waals surface area contributed by atoms with E-state index >= 15 is 0 Å². The zero-order chi connectivity index (χ0) is 15.3. The molecule has 22 heavy (non-hydrogen) atoms. The van der Waals surface area contributed by atoms with Crippen molar-refractivity contribution in [3.8, 4) is 0 Å². The van der Waals surface area contributed by atoms with Gasteiger partial charge in [0.15, 0.2) is 0 Å². The van der Waals surface area contributed by atoms with E-state index in [1.807, 2.05) is 27.9 Å². The minimum atomic E-state index is 0.0609. The molecule has 1 aliphatic carbocycles. The van der Waals surface area contributed by atoms with Gasteiger partial charge in [-0.05, 0) is 38.8 Å². The van der Waals surface area contributed by atoms with Gasteiger partial charge in [-0.2, -0.15) is 5.10 Å². The first-order valence-electron chi connectivity index (χ1n) is 7.99. The summed E-state index contributed by atoms with van der Waals surface area (Å²) in [5, 5.41) is 4.28. The molecule has 4 rings (SSSR count). The maximum atomic E-state index is 12.8. The molecule has 1 aliphatic heterocycles. The molecular formula is C17H21N3O2. The number of carbonyl (C=O) groups is 1. The first-order valence-corrected chi connectivity index (χ1v) is 7.99. The Morgan fingerprint density at radius 3 is 2.82 bits per heavy atom. The van der Waals surface area contributed by atoms with E-state index in [1.165, 1.54) is 19.3 Å². The van der Waals surface area contributed by atoms with Crippen molar-refractivity contribution in [3.05, 3.63) is 42.1 Å². The highest BCUT2D eigenvalue weighted by atomic mass is 16.3. The molecule has 2 aliphatic rings. The van der Waals surface area contributed by atoms with E-state index in [0.29, 0.717) is 5.56 Å². The summed E-state index contributed by atoms with van der Waals surface area (Å²) in [6, 6.07) is 4.24. The van der Waals surface area contributed by atoms with E-state index in [2.05, 4.69) is 18.9 Å². The van der Waals surface area contributed by atoms with Crippen molar-refractivity contribution in [2.24, 2.45) is 5.41 Å². The maximum absolute atomic E-state index is 12.8. The molecule has 116 valence electrons. The average molecular weight is 299 g/mol. The lowest BCUT2D eigenvalue weighted by atomic mass is 9.57. The van der Waals surface area contributed by atoms with Crippen LogP contribution in [0, 0.1) is 5.41 Å². The highest BCUT2D eigenvalue weighted by Crippen LogP contribution is 2.60. The number of aromatic nitrogens is 2. The van der Waals surface area contributed by atoms with Gasteiger partial charge in [0.2, 0.25) is 0 Å². The summed E-state index contributed by atoms with van der Waals surface area (Å²) >= 11 is 0. The minimum absolute atomic E-state index is 0.0609. The lowest BCUT2D eigenvalue weighted by Crippen LogP contribution is -2.63. The third kappa shape index (κ3) is 1.84. The first kappa shape index (κ1) is 13.6. The Morgan fingerprint density at radius 1 is 1.45 bits per heavy atom. The van der Waals surface area contributed by atoms with E-state index in [0.717, 1.165) is 12.3 Å². The topological polar surface area (TPSA) is 51.3 Å². The molecule has 0 radical (unpaired) electrons. The van der Waals surface area contributed by atoms with Crippen molar-refractivity contribution in [2.75, 3.05) is 6.54 Å². The maximum Gasteiger partial charge on any atom is 0.257 e. The summed E-state index contributed by atoms with van der Waals surface area (Å²) in [6.45, 7) is 4.95. The number of nitrogens with zero attached hydrogens (tertiary/aromatic N) is 3. The number of furan rings is 1. The Balaban J connectivity index is 1.60. The quantitative estimate of drug-likeness (QED) is 0.872. The van der Waals surface area contributed by atoms with Crippen LogP contribution in [0.25, 0.3) is 0 Å². The summed E-state index contributed by atoms with van der Waals surface area (Å²) in [6.07, 6.45) is 8.84. The third-order valence-corrected chi connectivity index (χ3v) is 5.18. The zero-order valence-electron chi connectivity index (χ0n) is 13.0. The lowest BCUT2D eigenvalue weighted by molar-refractivity contribution is -0.113. The summed E-state index contributed by atoms with van der Waals surface area (Å²) in [5.74, 6) is 0.973. The smallest absolute Gasteiger partial charge is 0.257 e. The molecule has 0 bridgehead atoms. The van der Waals surface area contributed by atoms with Gasteiger partial charge < -0.3 is 9.32 Å². The van der Waals surface area contributed by atoms with Crippen LogP contribution >= 0.6 is 0 Å². The van der Waals surface area contributed by atoms with Crippen LogP contribution < -0.4 is 0 Å². The van der Waals surface area contributed by atoms with Gasteiger partial charge >= 0.3 is 0 Å². The second kappa shape index (κ2) is 4.73. The number of hydrogen-bond acceptors (Lipinski definition) is 3. The number of carbonyl (C=O) groups excluding carboxylic acids is 1. The van der Waals surface area contributed by atoms with Crippen molar-refractivity contribution in [1.82, 2.24) is 14.7 Å². The molecule has 5 heteroatoms. The molecule has 2 aromatic heterocycles. The van der Waals surface area contributed by atoms with Crippen LogP contribution in [0.1, 0.15) is 61.3 Å². The molecular weight excluding hydrogens is 278 g/mol. The second-order valence-corrected chi connectivity index (χ2v) is 6.87. The molecule has 2 fully saturated rings. The van der Waals surface area contributed by atoms with Crippen molar-refractivity contribution < 1.29 is 9.21 Å². The molecule has 1 spiro atoms. The second-order valence-electron chi connectivity index (χ2n) is 6.87. The van der Waals surface area contributed by atoms with Gasteiger partial charge in [0, 0.05) is 24.2 Å². The highest BCUT2D eigenvalue weighted by Gasteiger charge is 2.59. The van der Waals surface area contributed by atoms with Crippen molar-refractivity contribution in [3.63, 3.8) is 0 Å². The van der Waals surface area contributed by atoms with Crippen molar-refractivity contribution in [2.45, 2.75) is 45.2 Å². The standard InChI is InChI=1S/C17H21N3O2/c1-12(2)20-10-13(9-18-20)16(21)19-11-17(6-4-7-17)15(19)14-5-3-8-22-14/h3,5,8-10,12,15H,4,6-7,11H2,1-2H3. The van der Waals surface area contributed by atoms with E-state index in [4.69, 9.17) is 4.42 Å². The molecule has 1 atom stereocenters. The van der Waals surface area contributed by atoms with E-state index in [9.17, 15) is 4.79 Å². The SMILES string of the molecule is CC(C)n1cc(C(=O)N2CC3(CCC3)C2c2ccco2)cn1. The monoisotopic (exact) mass is 299 g/mol. The van der Waals surface area contributed by atoms with Crippen LogP contribution in [0.2, 0.25) is 0 Å². The minimum Gasteiger partial charge on any atom is -0.467 e. The molecule has 2 aromatic rings. The fourth-order valence-corrected chi connectivity index (χ4v) is 3.79. The van der Waals surface area contributed by atoms with E-state index in [-0.39, 0.29) is 23.4 Å². The predicted molar refractivity (Wildman–Crippen MR) is 81.4 cm³/mol. The fraction of sp³-hybridized carbons (Fsp3) is 0.529. The Morgan fingerprint density at radius 2 is 2.27 bits per heavy atom. The summed E-state index contributed by atoms with van der Waals surface area (Å²) < 4.78 is 7.44. The number of hydrogen-bond donors (Lipinski definition) is 0. The fourth-order valence-electron chi connectivity index (χ4n) is 3.79. The van der Waals surface area contributed by atoms with Gasteiger partial charge in [0.1, 0.15) is 5.76 Å². The first-order chi connectivity index (χ1) is 10.6. The van der Waals surface area contributed by atoms with Crippen molar-refractivity contribution >= 4 is 5.91 Å². The van der Waals surface area contributed by atoms with Crippen LogP contribution in [-0.4, -0.2) is 27.1 Å². The van der Waals surface area contributed by atoms with Gasteiger partial charge in [-0.25, -0.2) is 0 Å². The van der Waals surface area contributed by atoms with Gasteiger partial charge in [-0.15, -0.1) is 0 Å². The number of likely N-dealkylation sites (tertiary alicyclic amines) is 1. The Kier molecular flexibility index (Phi) is 2.93. The molecule has 5 nitrogen and oxygen atoms in total. The zero-order valence-corrected chi connectivity index (χ0v) is 13.0. The summed E-state index contributed by atoms with van der Waals surface area (Å²) in [4.78, 5) is 14.8. The van der Waals surface area contributed by atoms with Gasteiger partial charge in [0.05, 0.1) is 24.1 Å². The van der Waals surface area contributed by atoms with E-state index < -0.39 is 0 Å². The van der Waals surface area contributed by atoms with Gasteiger partial charge in [-0.1, -0.05) is 6.42 Å². The largest absolute Gasteiger partial charge is 0.467 e. The van der Waals surface area contributed by atoms with Gasteiger partial charge in [-0.3, -0.25) is 9.48 Å². The summed E-state index contributed by atoms with van der Waals surface area (Å²) in [5.41, 5.74) is 0.918. The lowest BCUT2D eigenvalue weighted by Gasteiger charge is -2.61. The van der Waals surface area contributed by atoms with Crippen LogP contribution in [0.5, 0.6) is 0 Å². The van der Waals surface area contributed by atoms with Crippen LogP contribution in [-0.2, 0) is 0 Å². The summed E-state index contributed by atoms with van der Waals surface area (Å²) in [7, 11) is 0. The molecule has 1 saturated carbocycles. The Labute approximate surface area is 129 Å². The normalized spacial score (nSPS) is 22.7. The average Bonchev–Trinajstić information content (AvgIpc) is 3.06. The predicted octanol–water partition coefficient (Wildman–Crippen LogP) is 3.42. The van der Waals surface area contributed by atoms with E-state index in [1.54, 1.807) is 12.5 Å². The molecule has 1 unspecified atom stereocenters. The van der Waals surface area contributed by atoms with Crippen LogP contribution in [0.4, 0.5) is 0 Å². The number of amides is 1. The molecule has 0 N–H and O–H groups in total. The van der Waals surface area contributed by atoms with Crippen LogP contribution in [0.3, 0.4) is 0 Å². The highest BCUT2D eigenvalue weighted by molar-refractivity contribution is 5.94. The van der Waals surface area contributed by atoms with Crippen molar-refractivity contribution in [1.29, 1.82) is 0 Å². The molecule has 3 heterocycles. The van der Waals surface area contributed by atoms with Crippen LogP contribution in [0.15, 0.2) is 35.2 Å². The van der Waals surface area contributed by atoms with Gasteiger partial charge in [0.25, 0.3) is 5.91 Å². The Hall–Kier alpha value is -2.04. The molecule has 0 aromatic carbocycles. The number of rotatable bonds is 3.